The van der Waals surface area contributed by atoms with Crippen molar-refractivity contribution in [1.29, 1.82) is 0 Å². The van der Waals surface area contributed by atoms with Crippen molar-refractivity contribution in [3.05, 3.63) is 166 Å². The number of ether oxygens (including phenoxy) is 2. The lowest BCUT2D eigenvalue weighted by Gasteiger charge is -2.32. The molecule has 12 heteroatoms. The third kappa shape index (κ3) is 13.5. The molecule has 0 spiro atoms. The second-order valence-electron chi connectivity index (χ2n) is 16.7. The summed E-state index contributed by atoms with van der Waals surface area (Å²) in [7, 11) is 3.13. The summed E-state index contributed by atoms with van der Waals surface area (Å²) in [5, 5.41) is 6.74. The Kier molecular flexibility index (Phi) is 17.4. The molecular weight excluding hydrogens is 831 g/mol. The van der Waals surface area contributed by atoms with E-state index in [1.54, 1.807) is 30.1 Å². The van der Waals surface area contributed by atoms with Crippen LogP contribution in [0.2, 0.25) is 0 Å². The first-order valence-electron chi connectivity index (χ1n) is 22.7. The van der Waals surface area contributed by atoms with Gasteiger partial charge in [-0.2, -0.15) is 0 Å². The molecule has 344 valence electrons. The highest BCUT2D eigenvalue weighted by Gasteiger charge is 2.23. The lowest BCUT2D eigenvalue weighted by molar-refractivity contribution is -0.147. The van der Waals surface area contributed by atoms with E-state index in [0.717, 1.165) is 65.4 Å². The van der Waals surface area contributed by atoms with E-state index >= 15 is 0 Å². The number of fused-ring (bicyclic) bond motifs is 1. The van der Waals surface area contributed by atoms with Gasteiger partial charge in [0.1, 0.15) is 12.4 Å². The molecule has 0 saturated heterocycles. The highest BCUT2D eigenvalue weighted by Crippen LogP contribution is 2.29. The molecule has 66 heavy (non-hydrogen) atoms. The summed E-state index contributed by atoms with van der Waals surface area (Å²) in [6.07, 6.45) is 4.52. The van der Waals surface area contributed by atoms with Gasteiger partial charge in [-0.3, -0.25) is 24.1 Å². The molecule has 0 fully saturated rings. The van der Waals surface area contributed by atoms with E-state index in [9.17, 15) is 24.0 Å². The van der Waals surface area contributed by atoms with E-state index < -0.39 is 5.97 Å². The zero-order chi connectivity index (χ0) is 47.0. The predicted molar refractivity (Wildman–Crippen MR) is 260 cm³/mol. The molecule has 3 N–H and O–H groups in total. The number of benzene rings is 5. The van der Waals surface area contributed by atoms with Crippen LogP contribution in [0, 0.1) is 6.92 Å². The van der Waals surface area contributed by atoms with E-state index in [-0.39, 0.29) is 49.2 Å². The van der Waals surface area contributed by atoms with E-state index in [4.69, 9.17) is 9.47 Å². The molecule has 0 saturated carbocycles. The van der Waals surface area contributed by atoms with Crippen molar-refractivity contribution in [3.63, 3.8) is 0 Å². The number of esters is 2. The van der Waals surface area contributed by atoms with Crippen LogP contribution < -0.4 is 10.6 Å². The number of carbonyl (C=O) groups is 5. The first-order chi connectivity index (χ1) is 31.9. The third-order valence-electron chi connectivity index (χ3n) is 11.9. The molecule has 1 aromatic heterocycles. The normalized spacial score (nSPS) is 11.1. The van der Waals surface area contributed by atoms with Gasteiger partial charge in [0.2, 0.25) is 5.91 Å². The van der Waals surface area contributed by atoms with Gasteiger partial charge in [0.25, 0.3) is 11.8 Å². The molecule has 0 aliphatic heterocycles. The summed E-state index contributed by atoms with van der Waals surface area (Å²) in [6.45, 7) is 8.07. The average Bonchev–Trinajstić information content (AvgIpc) is 3.69. The smallest absolute Gasteiger partial charge is 0.337 e. The Labute approximate surface area is 387 Å². The molecule has 0 radical (unpaired) electrons. The van der Waals surface area contributed by atoms with Crippen LogP contribution in [0.5, 0.6) is 0 Å². The molecule has 3 amide bonds. The highest BCUT2D eigenvalue weighted by molar-refractivity contribution is 6.19. The number of rotatable bonds is 22. The minimum absolute atomic E-state index is 0.0146. The number of anilines is 2. The van der Waals surface area contributed by atoms with Gasteiger partial charge in [-0.1, -0.05) is 92.2 Å². The number of methoxy groups -OCH3 is 1. The quantitative estimate of drug-likeness (QED) is 0.0571. The van der Waals surface area contributed by atoms with Crippen molar-refractivity contribution in [1.82, 2.24) is 14.8 Å². The molecule has 0 bridgehead atoms. The Hall–Kier alpha value is -7.05. The zero-order valence-electron chi connectivity index (χ0n) is 38.7. The van der Waals surface area contributed by atoms with Gasteiger partial charge >= 0.3 is 11.9 Å². The van der Waals surface area contributed by atoms with Crippen LogP contribution in [0.3, 0.4) is 0 Å². The molecule has 5 aromatic carbocycles. The number of H-pyrrole nitrogens is 1. The number of aryl methyl sites for hydroxylation is 3. The van der Waals surface area contributed by atoms with Crippen LogP contribution in [0.15, 0.2) is 121 Å². The maximum atomic E-state index is 14.1. The molecule has 0 atom stereocenters. The van der Waals surface area contributed by atoms with E-state index in [1.807, 2.05) is 110 Å². The number of aromatic nitrogens is 1. The molecule has 1 heterocycles. The maximum Gasteiger partial charge on any atom is 0.337 e. The summed E-state index contributed by atoms with van der Waals surface area (Å²) in [5.41, 5.74) is 7.74. The van der Waals surface area contributed by atoms with Crippen LogP contribution in [0.25, 0.3) is 10.9 Å². The Bertz CT molecular complexity index is 2580. The number of nitrogens with zero attached hydrogens (tertiary/aromatic N) is 2. The number of amides is 3. The fourth-order valence-electron chi connectivity index (χ4n) is 8.05. The molecule has 6 rings (SSSR count). The standard InChI is InChI=1S/C54H61N5O7/c1-6-45(7-2)59(32-31-58(4)48(60)29-30-49(61)66-36-40-13-9-8-10-14-40)35-41-17-12-18-43(34-41)52(62)57-51-50(46-33-37(3)19-28-47(46)56-51)53(63)55-44-26-22-39(23-27-44)16-11-15-38-20-24-42(25-21-38)54(64)65-5/h8-10,12-14,17-28,33-34,45,56H,6-7,11,15-16,29-32,35-36H2,1-5H3,(H,55,63)(H,57,62). The second-order valence-corrected chi connectivity index (χ2v) is 16.7. The van der Waals surface area contributed by atoms with Gasteiger partial charge in [-0.25, -0.2) is 4.79 Å². The number of hydrogen-bond acceptors (Lipinski definition) is 8. The van der Waals surface area contributed by atoms with Gasteiger partial charge in [-0.15, -0.1) is 0 Å². The fraction of sp³-hybridized carbons (Fsp3) is 0.315. The van der Waals surface area contributed by atoms with E-state index in [2.05, 4.69) is 34.4 Å². The SMILES string of the molecule is CCC(CC)N(CCN(C)C(=O)CCC(=O)OCc1ccccc1)Cc1cccc(C(=O)Nc2[nH]c3ccc(C)cc3c2C(=O)Nc2ccc(CCCc3ccc(C(=O)OC)cc3)cc2)c1. The molecule has 6 aromatic rings. The second kappa shape index (κ2) is 23.8. The minimum atomic E-state index is -0.407. The largest absolute Gasteiger partial charge is 0.465 e. The van der Waals surface area contributed by atoms with Gasteiger partial charge in [0.15, 0.2) is 0 Å². The number of aromatic amines is 1. The summed E-state index contributed by atoms with van der Waals surface area (Å²) < 4.78 is 10.1. The van der Waals surface area contributed by atoms with Gasteiger partial charge in [0, 0.05) is 61.3 Å². The summed E-state index contributed by atoms with van der Waals surface area (Å²) in [5.74, 6) is -1.30. The van der Waals surface area contributed by atoms with Crippen LogP contribution in [0.1, 0.15) is 105 Å². The van der Waals surface area contributed by atoms with Crippen molar-refractivity contribution in [2.45, 2.75) is 84.9 Å². The van der Waals surface area contributed by atoms with Gasteiger partial charge in [-0.05, 0) is 110 Å². The first kappa shape index (κ1) is 48.4. The van der Waals surface area contributed by atoms with Gasteiger partial charge < -0.3 is 30.0 Å². The number of nitrogens with one attached hydrogen (secondary N) is 3. The Morgan fingerprint density at radius 1 is 0.682 bits per heavy atom. The predicted octanol–water partition coefficient (Wildman–Crippen LogP) is 9.92. The number of likely N-dealkylation sites (N-methyl/N-ethyl adjacent to an activating group) is 1. The van der Waals surface area contributed by atoms with Crippen molar-refractivity contribution < 1.29 is 33.4 Å². The number of carbonyl (C=O) groups excluding carboxylic acids is 5. The third-order valence-corrected chi connectivity index (χ3v) is 11.9. The molecule has 12 nitrogen and oxygen atoms in total. The fourth-order valence-corrected chi connectivity index (χ4v) is 8.05. The Morgan fingerprint density at radius 2 is 1.36 bits per heavy atom. The molecule has 0 aliphatic carbocycles. The first-order valence-corrected chi connectivity index (χ1v) is 22.7. The zero-order valence-corrected chi connectivity index (χ0v) is 38.7. The van der Waals surface area contributed by atoms with Crippen LogP contribution in [-0.4, -0.2) is 77.7 Å². The molecule has 0 unspecified atom stereocenters. The topological polar surface area (TPSA) is 150 Å². The monoisotopic (exact) mass is 891 g/mol. The summed E-state index contributed by atoms with van der Waals surface area (Å²) in [4.78, 5) is 72.5. The summed E-state index contributed by atoms with van der Waals surface area (Å²) in [6, 6.07) is 38.2. The van der Waals surface area contributed by atoms with Crippen LogP contribution >= 0.6 is 0 Å². The Balaban J connectivity index is 1.06. The van der Waals surface area contributed by atoms with E-state index in [0.29, 0.717) is 53.2 Å². The summed E-state index contributed by atoms with van der Waals surface area (Å²) >= 11 is 0. The lowest BCUT2D eigenvalue weighted by Crippen LogP contribution is -2.41. The molecule has 0 aliphatic rings. The average molecular weight is 892 g/mol. The van der Waals surface area contributed by atoms with Gasteiger partial charge in [0.05, 0.1) is 24.7 Å². The van der Waals surface area contributed by atoms with Crippen LogP contribution in [-0.2, 0) is 45.1 Å². The van der Waals surface area contributed by atoms with Crippen molar-refractivity contribution in [2.24, 2.45) is 0 Å². The van der Waals surface area contributed by atoms with Crippen molar-refractivity contribution >= 4 is 52.1 Å². The maximum absolute atomic E-state index is 14.1. The van der Waals surface area contributed by atoms with Crippen molar-refractivity contribution in [3.8, 4) is 0 Å². The van der Waals surface area contributed by atoms with E-state index in [1.165, 1.54) is 7.11 Å². The molecular formula is C54H61N5O7. The van der Waals surface area contributed by atoms with Crippen molar-refractivity contribution in [2.75, 3.05) is 37.9 Å². The number of hydrogen-bond donors (Lipinski definition) is 3. The Morgan fingerprint density at radius 3 is 2.05 bits per heavy atom. The highest BCUT2D eigenvalue weighted by atomic mass is 16.5. The lowest BCUT2D eigenvalue weighted by atomic mass is 10.0. The van der Waals surface area contributed by atoms with Crippen LogP contribution in [0.4, 0.5) is 11.5 Å². The minimum Gasteiger partial charge on any atom is -0.465 e.